The first-order chi connectivity index (χ1) is 9.69. The van der Waals surface area contributed by atoms with Gasteiger partial charge < -0.3 is 15.0 Å². The number of hydrogen-bond donors (Lipinski definition) is 1. The van der Waals surface area contributed by atoms with Crippen LogP contribution in [0.3, 0.4) is 0 Å². The van der Waals surface area contributed by atoms with E-state index in [1.54, 1.807) is 0 Å². The van der Waals surface area contributed by atoms with Crippen LogP contribution in [0.1, 0.15) is 25.3 Å². The van der Waals surface area contributed by atoms with Gasteiger partial charge in [0.15, 0.2) is 6.61 Å². The Morgan fingerprint density at radius 1 is 1.50 bits per heavy atom. The van der Waals surface area contributed by atoms with Crippen molar-refractivity contribution in [2.45, 2.75) is 26.3 Å². The van der Waals surface area contributed by atoms with Gasteiger partial charge in [-0.3, -0.25) is 4.79 Å². The van der Waals surface area contributed by atoms with Crippen molar-refractivity contribution in [1.82, 2.24) is 10.2 Å². The van der Waals surface area contributed by atoms with Crippen molar-refractivity contribution < 1.29 is 9.53 Å². The third kappa shape index (κ3) is 4.23. The Morgan fingerprint density at radius 3 is 3.10 bits per heavy atom. The molecular formula is C16H24N2O2. The first-order valence-corrected chi connectivity index (χ1v) is 7.33. The zero-order valence-corrected chi connectivity index (χ0v) is 12.4. The highest BCUT2D eigenvalue weighted by molar-refractivity contribution is 5.77. The van der Waals surface area contributed by atoms with Crippen LogP contribution in [-0.2, 0) is 11.3 Å². The molecular weight excluding hydrogens is 252 g/mol. The normalized spacial score (nSPS) is 18.9. The Kier molecular flexibility index (Phi) is 5.41. The molecule has 1 N–H and O–H groups in total. The molecule has 0 radical (unpaired) electrons. The molecule has 110 valence electrons. The lowest BCUT2D eigenvalue weighted by molar-refractivity contribution is -0.135. The summed E-state index contributed by atoms with van der Waals surface area (Å²) in [6.45, 7) is 4.86. The number of carbonyl (C=O) groups is 1. The minimum absolute atomic E-state index is 0.0931. The molecule has 4 nitrogen and oxygen atoms in total. The fourth-order valence-corrected chi connectivity index (χ4v) is 2.60. The monoisotopic (exact) mass is 276 g/mol. The SMILES string of the molecule is CNCc1cccc(OCC(=O)N2CCCC(C)C2)c1. The molecule has 2 rings (SSSR count). The summed E-state index contributed by atoms with van der Waals surface area (Å²) in [4.78, 5) is 14.0. The number of nitrogens with zero attached hydrogens (tertiary/aromatic N) is 1. The highest BCUT2D eigenvalue weighted by Gasteiger charge is 2.21. The minimum Gasteiger partial charge on any atom is -0.484 e. The van der Waals surface area contributed by atoms with Gasteiger partial charge in [-0.05, 0) is 43.5 Å². The van der Waals surface area contributed by atoms with Crippen LogP contribution in [0.15, 0.2) is 24.3 Å². The number of carbonyl (C=O) groups excluding carboxylic acids is 1. The van der Waals surface area contributed by atoms with E-state index in [-0.39, 0.29) is 12.5 Å². The van der Waals surface area contributed by atoms with Gasteiger partial charge in [-0.15, -0.1) is 0 Å². The van der Waals surface area contributed by atoms with Crippen LogP contribution in [0.4, 0.5) is 0 Å². The number of piperidine rings is 1. The summed E-state index contributed by atoms with van der Waals surface area (Å²) in [5, 5.41) is 3.10. The van der Waals surface area contributed by atoms with E-state index < -0.39 is 0 Å². The lowest BCUT2D eigenvalue weighted by Crippen LogP contribution is -2.41. The minimum atomic E-state index is 0.0931. The smallest absolute Gasteiger partial charge is 0.260 e. The second kappa shape index (κ2) is 7.29. The predicted molar refractivity (Wildman–Crippen MR) is 79.7 cm³/mol. The molecule has 1 saturated heterocycles. The third-order valence-corrected chi connectivity index (χ3v) is 3.65. The number of rotatable bonds is 5. The molecule has 0 saturated carbocycles. The largest absolute Gasteiger partial charge is 0.484 e. The molecule has 1 aliphatic heterocycles. The van der Waals surface area contributed by atoms with E-state index in [2.05, 4.69) is 12.2 Å². The van der Waals surface area contributed by atoms with Crippen LogP contribution in [0, 0.1) is 5.92 Å². The average Bonchev–Trinajstić information content (AvgIpc) is 2.45. The molecule has 1 amide bonds. The molecule has 1 aliphatic rings. The van der Waals surface area contributed by atoms with Gasteiger partial charge in [-0.2, -0.15) is 0 Å². The lowest BCUT2D eigenvalue weighted by atomic mass is 10.0. The molecule has 1 heterocycles. The quantitative estimate of drug-likeness (QED) is 0.895. The highest BCUT2D eigenvalue weighted by Crippen LogP contribution is 2.17. The fourth-order valence-electron chi connectivity index (χ4n) is 2.60. The van der Waals surface area contributed by atoms with E-state index in [0.717, 1.165) is 37.4 Å². The number of ether oxygens (including phenoxy) is 1. The number of amides is 1. The summed E-state index contributed by atoms with van der Waals surface area (Å²) >= 11 is 0. The van der Waals surface area contributed by atoms with Crippen LogP contribution in [0.25, 0.3) is 0 Å². The van der Waals surface area contributed by atoms with Crippen molar-refractivity contribution in [3.63, 3.8) is 0 Å². The lowest BCUT2D eigenvalue weighted by Gasteiger charge is -2.30. The van der Waals surface area contributed by atoms with Crippen LogP contribution in [0.2, 0.25) is 0 Å². The Hall–Kier alpha value is -1.55. The van der Waals surface area contributed by atoms with Crippen molar-refractivity contribution in [3.8, 4) is 5.75 Å². The Labute approximate surface area is 121 Å². The summed E-state index contributed by atoms with van der Waals surface area (Å²) in [6, 6.07) is 7.86. The molecule has 1 unspecified atom stereocenters. The van der Waals surface area contributed by atoms with Gasteiger partial charge in [0.1, 0.15) is 5.75 Å². The summed E-state index contributed by atoms with van der Waals surface area (Å²) in [7, 11) is 1.91. The van der Waals surface area contributed by atoms with Crippen LogP contribution < -0.4 is 10.1 Å². The molecule has 0 bridgehead atoms. The maximum Gasteiger partial charge on any atom is 0.260 e. The predicted octanol–water partition coefficient (Wildman–Crippen LogP) is 2.04. The number of likely N-dealkylation sites (tertiary alicyclic amines) is 1. The van der Waals surface area contributed by atoms with E-state index in [9.17, 15) is 4.79 Å². The molecule has 1 aromatic rings. The molecule has 0 aliphatic carbocycles. The van der Waals surface area contributed by atoms with Crippen molar-refractivity contribution >= 4 is 5.91 Å². The average molecular weight is 276 g/mol. The summed E-state index contributed by atoms with van der Waals surface area (Å²) < 4.78 is 5.62. The van der Waals surface area contributed by atoms with Crippen molar-refractivity contribution in [2.75, 3.05) is 26.7 Å². The first-order valence-electron chi connectivity index (χ1n) is 7.33. The zero-order valence-electron chi connectivity index (χ0n) is 12.4. The summed E-state index contributed by atoms with van der Waals surface area (Å²) in [5.74, 6) is 1.46. The highest BCUT2D eigenvalue weighted by atomic mass is 16.5. The van der Waals surface area contributed by atoms with E-state index in [1.165, 1.54) is 6.42 Å². The van der Waals surface area contributed by atoms with Gasteiger partial charge in [0, 0.05) is 19.6 Å². The van der Waals surface area contributed by atoms with Gasteiger partial charge in [-0.25, -0.2) is 0 Å². The van der Waals surface area contributed by atoms with Gasteiger partial charge in [0.2, 0.25) is 0 Å². The molecule has 0 aromatic heterocycles. The van der Waals surface area contributed by atoms with E-state index in [0.29, 0.717) is 5.92 Å². The van der Waals surface area contributed by atoms with Crippen molar-refractivity contribution in [1.29, 1.82) is 0 Å². The number of benzene rings is 1. The fraction of sp³-hybridized carbons (Fsp3) is 0.562. The summed E-state index contributed by atoms with van der Waals surface area (Å²) in [5.41, 5.74) is 1.16. The topological polar surface area (TPSA) is 41.6 Å². The summed E-state index contributed by atoms with van der Waals surface area (Å²) in [6.07, 6.45) is 2.32. The second-order valence-corrected chi connectivity index (χ2v) is 5.55. The Bertz CT molecular complexity index is 448. The maximum absolute atomic E-state index is 12.1. The first kappa shape index (κ1) is 14.9. The van der Waals surface area contributed by atoms with E-state index >= 15 is 0 Å². The van der Waals surface area contributed by atoms with Gasteiger partial charge >= 0.3 is 0 Å². The Morgan fingerprint density at radius 2 is 2.35 bits per heavy atom. The third-order valence-electron chi connectivity index (χ3n) is 3.65. The van der Waals surface area contributed by atoms with Gasteiger partial charge in [0.05, 0.1) is 0 Å². The molecule has 4 heteroatoms. The second-order valence-electron chi connectivity index (χ2n) is 5.55. The molecule has 1 atom stereocenters. The van der Waals surface area contributed by atoms with Crippen molar-refractivity contribution in [3.05, 3.63) is 29.8 Å². The molecule has 1 aromatic carbocycles. The molecule has 20 heavy (non-hydrogen) atoms. The number of hydrogen-bond acceptors (Lipinski definition) is 3. The van der Waals surface area contributed by atoms with E-state index in [1.807, 2.05) is 36.2 Å². The van der Waals surface area contributed by atoms with Crippen LogP contribution in [-0.4, -0.2) is 37.6 Å². The van der Waals surface area contributed by atoms with Crippen LogP contribution in [0.5, 0.6) is 5.75 Å². The molecule has 0 spiro atoms. The Balaban J connectivity index is 1.85. The standard InChI is InChI=1S/C16H24N2O2/c1-13-5-4-8-18(11-13)16(19)12-20-15-7-3-6-14(9-15)10-17-2/h3,6-7,9,13,17H,4-5,8,10-12H2,1-2H3. The van der Waals surface area contributed by atoms with E-state index in [4.69, 9.17) is 4.74 Å². The number of nitrogens with one attached hydrogen (secondary N) is 1. The maximum atomic E-state index is 12.1. The van der Waals surface area contributed by atoms with Crippen LogP contribution >= 0.6 is 0 Å². The molecule has 1 fully saturated rings. The van der Waals surface area contributed by atoms with Gasteiger partial charge in [-0.1, -0.05) is 19.1 Å². The zero-order chi connectivity index (χ0) is 14.4. The van der Waals surface area contributed by atoms with Crippen molar-refractivity contribution in [2.24, 2.45) is 5.92 Å². The van der Waals surface area contributed by atoms with Gasteiger partial charge in [0.25, 0.3) is 5.91 Å².